The first kappa shape index (κ1) is 16.2. The number of carboxylic acid groups (broad SMARTS) is 1. The number of aromatic carboxylic acids is 1. The number of aryl methyl sites for hydroxylation is 2. The summed E-state index contributed by atoms with van der Waals surface area (Å²) in [7, 11) is 1.63. The molecule has 0 bridgehead atoms. The van der Waals surface area contributed by atoms with E-state index >= 15 is 0 Å². The Labute approximate surface area is 118 Å². The maximum Gasteiger partial charge on any atom is 0.336 e. The van der Waals surface area contributed by atoms with Crippen molar-refractivity contribution in [1.29, 1.82) is 0 Å². The number of methoxy groups -OCH3 is 1. The summed E-state index contributed by atoms with van der Waals surface area (Å²) >= 11 is 0. The lowest BCUT2D eigenvalue weighted by atomic mass is 10.0. The van der Waals surface area contributed by atoms with Gasteiger partial charge in [0.25, 0.3) is 0 Å². The summed E-state index contributed by atoms with van der Waals surface area (Å²) in [5.74, 6) is -1.09. The van der Waals surface area contributed by atoms with Crippen molar-refractivity contribution in [2.24, 2.45) is 0 Å². The highest BCUT2D eigenvalue weighted by atomic mass is 16.5. The number of carboxylic acids is 1. The second-order valence-electron chi connectivity index (χ2n) is 4.79. The number of carbonyl (C=O) groups excluding carboxylic acids is 1. The molecule has 1 rings (SSSR count). The maximum absolute atomic E-state index is 11.8. The van der Waals surface area contributed by atoms with Gasteiger partial charge in [-0.25, -0.2) is 4.79 Å². The van der Waals surface area contributed by atoms with Crippen molar-refractivity contribution in [3.8, 4) is 0 Å². The third-order valence-corrected chi connectivity index (χ3v) is 3.08. The molecule has 2 N–H and O–H groups in total. The van der Waals surface area contributed by atoms with Crippen LogP contribution in [0.3, 0.4) is 0 Å². The quantitative estimate of drug-likeness (QED) is 0.752. The summed E-state index contributed by atoms with van der Waals surface area (Å²) in [5, 5.41) is 11.9. The number of rotatable bonds is 7. The lowest BCUT2D eigenvalue weighted by Gasteiger charge is -2.11. The van der Waals surface area contributed by atoms with Gasteiger partial charge in [-0.1, -0.05) is 6.07 Å². The van der Waals surface area contributed by atoms with Crippen LogP contribution in [0.5, 0.6) is 0 Å². The molecule has 0 aromatic heterocycles. The maximum atomic E-state index is 11.8. The van der Waals surface area contributed by atoms with Crippen molar-refractivity contribution < 1.29 is 19.4 Å². The second-order valence-corrected chi connectivity index (χ2v) is 4.79. The molecule has 0 saturated carbocycles. The normalized spacial score (nSPS) is 10.3. The number of unbranched alkanes of at least 4 members (excludes halogenated alkanes) is 1. The zero-order chi connectivity index (χ0) is 15.1. The van der Waals surface area contributed by atoms with E-state index in [1.807, 2.05) is 6.92 Å². The molecule has 0 unspecified atom stereocenters. The number of carbonyl (C=O) groups is 2. The van der Waals surface area contributed by atoms with Crippen LogP contribution in [0.25, 0.3) is 0 Å². The number of nitrogens with one attached hydrogen (secondary N) is 1. The Balaban J connectivity index is 2.69. The Morgan fingerprint density at radius 3 is 2.50 bits per heavy atom. The lowest BCUT2D eigenvalue weighted by Crippen LogP contribution is -2.13. The first-order chi connectivity index (χ1) is 9.45. The van der Waals surface area contributed by atoms with Crippen molar-refractivity contribution >= 4 is 17.6 Å². The monoisotopic (exact) mass is 279 g/mol. The first-order valence-electron chi connectivity index (χ1n) is 6.59. The summed E-state index contributed by atoms with van der Waals surface area (Å²) in [6.07, 6.45) is 1.98. The summed E-state index contributed by atoms with van der Waals surface area (Å²) in [6, 6.07) is 3.28. The van der Waals surface area contributed by atoms with Crippen molar-refractivity contribution in [3.63, 3.8) is 0 Å². The van der Waals surface area contributed by atoms with E-state index in [1.54, 1.807) is 20.1 Å². The van der Waals surface area contributed by atoms with Gasteiger partial charge >= 0.3 is 5.97 Å². The molecule has 5 heteroatoms. The minimum Gasteiger partial charge on any atom is -0.478 e. The Morgan fingerprint density at radius 2 is 1.90 bits per heavy atom. The Hall–Kier alpha value is -1.88. The van der Waals surface area contributed by atoms with Crippen LogP contribution in [0.4, 0.5) is 5.69 Å². The third-order valence-electron chi connectivity index (χ3n) is 3.08. The molecule has 0 aliphatic carbocycles. The van der Waals surface area contributed by atoms with Gasteiger partial charge in [0.15, 0.2) is 0 Å². The predicted octanol–water partition coefficient (Wildman–Crippen LogP) is 2.76. The van der Waals surface area contributed by atoms with E-state index in [9.17, 15) is 9.59 Å². The molecule has 110 valence electrons. The van der Waals surface area contributed by atoms with Crippen LogP contribution in [-0.2, 0) is 9.53 Å². The summed E-state index contributed by atoms with van der Waals surface area (Å²) in [6.45, 7) is 4.23. The van der Waals surface area contributed by atoms with Crippen LogP contribution < -0.4 is 5.32 Å². The van der Waals surface area contributed by atoms with Crippen LogP contribution in [0.1, 0.15) is 40.7 Å². The molecule has 20 heavy (non-hydrogen) atoms. The minimum atomic E-state index is -0.988. The van der Waals surface area contributed by atoms with E-state index in [-0.39, 0.29) is 11.5 Å². The second kappa shape index (κ2) is 7.65. The van der Waals surface area contributed by atoms with E-state index in [0.717, 1.165) is 18.4 Å². The average molecular weight is 279 g/mol. The SMILES string of the molecule is COCCCCC(=O)Nc1cc(C(=O)O)c(C)cc1C. The number of benzene rings is 1. The highest BCUT2D eigenvalue weighted by molar-refractivity contribution is 5.95. The molecule has 0 heterocycles. The molecule has 1 aromatic carbocycles. The molecule has 5 nitrogen and oxygen atoms in total. The minimum absolute atomic E-state index is 0.107. The van der Waals surface area contributed by atoms with Crippen LogP contribution in [0.2, 0.25) is 0 Å². The average Bonchev–Trinajstić information content (AvgIpc) is 2.37. The topological polar surface area (TPSA) is 75.6 Å². The van der Waals surface area contributed by atoms with Gasteiger partial charge in [0.05, 0.1) is 5.56 Å². The van der Waals surface area contributed by atoms with Crippen LogP contribution in [-0.4, -0.2) is 30.7 Å². The fourth-order valence-corrected chi connectivity index (χ4v) is 1.96. The van der Waals surface area contributed by atoms with E-state index in [4.69, 9.17) is 9.84 Å². The third kappa shape index (κ3) is 4.66. The summed E-state index contributed by atoms with van der Waals surface area (Å²) in [5.41, 5.74) is 2.32. The van der Waals surface area contributed by atoms with Crippen molar-refractivity contribution in [3.05, 3.63) is 28.8 Å². The van der Waals surface area contributed by atoms with Crippen LogP contribution in [0, 0.1) is 13.8 Å². The van der Waals surface area contributed by atoms with Gasteiger partial charge in [0.2, 0.25) is 5.91 Å². The van der Waals surface area contributed by atoms with Gasteiger partial charge in [0.1, 0.15) is 0 Å². The molecule has 1 aromatic rings. The molecular weight excluding hydrogens is 258 g/mol. The number of anilines is 1. The molecule has 1 amide bonds. The zero-order valence-corrected chi connectivity index (χ0v) is 12.2. The Morgan fingerprint density at radius 1 is 1.20 bits per heavy atom. The zero-order valence-electron chi connectivity index (χ0n) is 12.2. The Kier molecular flexibility index (Phi) is 6.18. The Bertz CT molecular complexity index is 497. The fourth-order valence-electron chi connectivity index (χ4n) is 1.96. The highest BCUT2D eigenvalue weighted by Crippen LogP contribution is 2.21. The molecule has 0 aliphatic rings. The first-order valence-corrected chi connectivity index (χ1v) is 6.59. The smallest absolute Gasteiger partial charge is 0.336 e. The lowest BCUT2D eigenvalue weighted by molar-refractivity contribution is -0.116. The highest BCUT2D eigenvalue weighted by Gasteiger charge is 2.12. The molecule has 0 aliphatic heterocycles. The van der Waals surface area contributed by atoms with Gasteiger partial charge in [-0.2, -0.15) is 0 Å². The van der Waals surface area contributed by atoms with E-state index in [2.05, 4.69) is 5.32 Å². The molecule has 0 saturated heterocycles. The van der Waals surface area contributed by atoms with Crippen molar-refractivity contribution in [1.82, 2.24) is 0 Å². The number of hydrogen-bond donors (Lipinski definition) is 2. The van der Waals surface area contributed by atoms with Crippen molar-refractivity contribution in [2.75, 3.05) is 19.0 Å². The number of hydrogen-bond acceptors (Lipinski definition) is 3. The standard InChI is InChI=1S/C15H21NO4/c1-10-8-11(2)13(9-12(10)15(18)19)16-14(17)6-4-5-7-20-3/h8-9H,4-7H2,1-3H3,(H,16,17)(H,18,19). The van der Waals surface area contributed by atoms with Gasteiger partial charge in [-0.05, 0) is 43.9 Å². The summed E-state index contributed by atoms with van der Waals surface area (Å²) < 4.78 is 4.92. The van der Waals surface area contributed by atoms with E-state index < -0.39 is 5.97 Å². The van der Waals surface area contributed by atoms with Crippen molar-refractivity contribution in [2.45, 2.75) is 33.1 Å². The van der Waals surface area contributed by atoms with Gasteiger partial charge in [0, 0.05) is 25.8 Å². The molecule has 0 atom stereocenters. The fraction of sp³-hybridized carbons (Fsp3) is 0.467. The molecule has 0 radical (unpaired) electrons. The van der Waals surface area contributed by atoms with E-state index in [0.29, 0.717) is 24.3 Å². The van der Waals surface area contributed by atoms with Gasteiger partial charge in [-0.3, -0.25) is 4.79 Å². The molecule has 0 spiro atoms. The number of amides is 1. The van der Waals surface area contributed by atoms with Gasteiger partial charge in [-0.15, -0.1) is 0 Å². The predicted molar refractivity (Wildman–Crippen MR) is 77.2 cm³/mol. The molecular formula is C15H21NO4. The van der Waals surface area contributed by atoms with E-state index in [1.165, 1.54) is 6.07 Å². The van der Waals surface area contributed by atoms with Gasteiger partial charge < -0.3 is 15.2 Å². The number of ether oxygens (including phenoxy) is 1. The van der Waals surface area contributed by atoms with Crippen LogP contribution in [0.15, 0.2) is 12.1 Å². The molecule has 0 fully saturated rings. The summed E-state index contributed by atoms with van der Waals surface area (Å²) in [4.78, 5) is 22.9. The van der Waals surface area contributed by atoms with Crippen LogP contribution >= 0.6 is 0 Å². The largest absolute Gasteiger partial charge is 0.478 e.